The van der Waals surface area contributed by atoms with Crippen molar-refractivity contribution in [2.24, 2.45) is 0 Å². The molecule has 0 aliphatic rings. The number of carbonyl (C=O) groups excluding carboxylic acids is 1. The summed E-state index contributed by atoms with van der Waals surface area (Å²) in [5, 5.41) is 1.17. The van der Waals surface area contributed by atoms with Gasteiger partial charge in [-0.25, -0.2) is 4.98 Å². The molecule has 0 saturated carbocycles. The summed E-state index contributed by atoms with van der Waals surface area (Å²) in [5.41, 5.74) is 4.00. The fourth-order valence-electron chi connectivity index (χ4n) is 3.26. The normalized spacial score (nSPS) is 12.5. The monoisotopic (exact) mass is 346 g/mol. The van der Waals surface area contributed by atoms with Crippen molar-refractivity contribution in [1.82, 2.24) is 19.3 Å². The zero-order valence-corrected chi connectivity index (χ0v) is 15.0. The van der Waals surface area contributed by atoms with Crippen molar-refractivity contribution in [3.8, 4) is 0 Å². The number of rotatable bonds is 5. The first kappa shape index (κ1) is 16.4. The zero-order valence-electron chi connectivity index (χ0n) is 15.0. The number of hydrogen-bond acceptors (Lipinski definition) is 2. The highest BCUT2D eigenvalue weighted by Crippen LogP contribution is 2.23. The van der Waals surface area contributed by atoms with E-state index in [0.29, 0.717) is 12.8 Å². The molecule has 3 aromatic heterocycles. The number of hydrogen-bond donors (Lipinski definition) is 1. The van der Waals surface area contributed by atoms with Crippen molar-refractivity contribution >= 4 is 22.5 Å². The lowest BCUT2D eigenvalue weighted by atomic mass is 10.1. The number of aromatic amines is 1. The van der Waals surface area contributed by atoms with Gasteiger partial charge in [0.25, 0.3) is 0 Å². The number of imidazole rings is 1. The van der Waals surface area contributed by atoms with Gasteiger partial charge in [0.05, 0.1) is 11.7 Å². The van der Waals surface area contributed by atoms with E-state index in [2.05, 4.69) is 28.2 Å². The molecule has 0 unspecified atom stereocenters. The van der Waals surface area contributed by atoms with Gasteiger partial charge in [0.2, 0.25) is 5.91 Å². The van der Waals surface area contributed by atoms with E-state index < -0.39 is 0 Å². The first-order valence-electron chi connectivity index (χ1n) is 8.88. The van der Waals surface area contributed by atoms with E-state index in [1.54, 1.807) is 4.90 Å². The van der Waals surface area contributed by atoms with Gasteiger partial charge in [-0.15, -0.1) is 0 Å². The molecule has 1 amide bonds. The van der Waals surface area contributed by atoms with Gasteiger partial charge in [0, 0.05) is 37.1 Å². The van der Waals surface area contributed by atoms with Crippen LogP contribution in [0.2, 0.25) is 0 Å². The van der Waals surface area contributed by atoms with E-state index in [4.69, 9.17) is 0 Å². The molecule has 1 atom stereocenters. The number of aryl methyl sites for hydroxylation is 1. The Balaban J connectivity index is 1.43. The lowest BCUT2D eigenvalue weighted by Gasteiger charge is -2.24. The Morgan fingerprint density at radius 3 is 2.85 bits per heavy atom. The Kier molecular flexibility index (Phi) is 4.21. The average Bonchev–Trinajstić information content (AvgIpc) is 3.28. The van der Waals surface area contributed by atoms with Gasteiger partial charge >= 0.3 is 0 Å². The number of H-pyrrole nitrogens is 1. The third-order valence-corrected chi connectivity index (χ3v) is 4.98. The molecule has 5 nitrogen and oxygen atoms in total. The van der Waals surface area contributed by atoms with E-state index in [-0.39, 0.29) is 11.9 Å². The second kappa shape index (κ2) is 6.67. The molecule has 0 aliphatic carbocycles. The van der Waals surface area contributed by atoms with E-state index in [1.807, 2.05) is 61.1 Å². The highest BCUT2D eigenvalue weighted by atomic mass is 16.2. The number of pyridine rings is 1. The van der Waals surface area contributed by atoms with Gasteiger partial charge < -0.3 is 14.3 Å². The molecule has 4 rings (SSSR count). The maximum atomic E-state index is 12.6. The third-order valence-electron chi connectivity index (χ3n) is 4.98. The molecule has 5 heteroatoms. The summed E-state index contributed by atoms with van der Waals surface area (Å²) in [5.74, 6) is 0.119. The van der Waals surface area contributed by atoms with Crippen LogP contribution in [-0.4, -0.2) is 32.2 Å². The summed E-state index contributed by atoms with van der Waals surface area (Å²) in [7, 11) is 1.86. The average molecular weight is 346 g/mol. The minimum Gasteiger partial charge on any atom is -0.357 e. The van der Waals surface area contributed by atoms with Crippen LogP contribution >= 0.6 is 0 Å². The first-order valence-corrected chi connectivity index (χ1v) is 8.88. The second-order valence-corrected chi connectivity index (χ2v) is 6.69. The van der Waals surface area contributed by atoms with Crippen LogP contribution in [0.3, 0.4) is 0 Å². The van der Waals surface area contributed by atoms with Crippen molar-refractivity contribution in [2.45, 2.75) is 25.8 Å². The fourth-order valence-corrected chi connectivity index (χ4v) is 3.26. The molecular formula is C21H22N4O. The highest BCUT2D eigenvalue weighted by Gasteiger charge is 2.19. The van der Waals surface area contributed by atoms with Crippen molar-refractivity contribution in [1.29, 1.82) is 0 Å². The molecule has 0 saturated heterocycles. The number of benzene rings is 1. The topological polar surface area (TPSA) is 53.4 Å². The number of aromatic nitrogens is 3. The summed E-state index contributed by atoms with van der Waals surface area (Å²) in [6, 6.07) is 16.2. The third kappa shape index (κ3) is 3.08. The lowest BCUT2D eigenvalue weighted by Crippen LogP contribution is -2.30. The summed E-state index contributed by atoms with van der Waals surface area (Å²) in [6.07, 6.45) is 5.05. The van der Waals surface area contributed by atoms with E-state index >= 15 is 0 Å². The Morgan fingerprint density at radius 1 is 1.23 bits per heavy atom. The number of carbonyl (C=O) groups is 1. The zero-order chi connectivity index (χ0) is 18.1. The van der Waals surface area contributed by atoms with Gasteiger partial charge in [-0.3, -0.25) is 4.79 Å². The van der Waals surface area contributed by atoms with Crippen molar-refractivity contribution < 1.29 is 4.79 Å². The maximum Gasteiger partial charge on any atom is 0.223 e. The quantitative estimate of drug-likeness (QED) is 0.594. The van der Waals surface area contributed by atoms with Gasteiger partial charge in [-0.05, 0) is 43.0 Å². The molecule has 26 heavy (non-hydrogen) atoms. The van der Waals surface area contributed by atoms with Crippen molar-refractivity contribution in [2.75, 3.05) is 7.05 Å². The Bertz CT molecular complexity index is 996. The number of amides is 1. The molecule has 4 aromatic rings. The minimum absolute atomic E-state index is 0.00373. The molecule has 1 N–H and O–H groups in total. The van der Waals surface area contributed by atoms with Crippen LogP contribution in [0, 0.1) is 0 Å². The van der Waals surface area contributed by atoms with Gasteiger partial charge in [0.15, 0.2) is 0 Å². The molecule has 0 aliphatic heterocycles. The predicted molar refractivity (Wildman–Crippen MR) is 103 cm³/mol. The first-order chi connectivity index (χ1) is 12.6. The maximum absolute atomic E-state index is 12.6. The molecule has 0 fully saturated rings. The van der Waals surface area contributed by atoms with Gasteiger partial charge in [-0.1, -0.05) is 24.3 Å². The molecule has 0 bridgehead atoms. The smallest absolute Gasteiger partial charge is 0.223 e. The number of nitrogens with zero attached hydrogens (tertiary/aromatic N) is 3. The summed E-state index contributed by atoms with van der Waals surface area (Å²) in [6.45, 7) is 2.05. The molecule has 132 valence electrons. The molecule has 0 spiro atoms. The SMILES string of the molecule is C[C@@H](c1cc2ccccc2[nH]1)N(C)C(=O)CCc1cn2ccccc2n1. The van der Waals surface area contributed by atoms with Crippen LogP contribution in [-0.2, 0) is 11.2 Å². The molecular weight excluding hydrogens is 324 g/mol. The Morgan fingerprint density at radius 2 is 2.04 bits per heavy atom. The summed E-state index contributed by atoms with van der Waals surface area (Å²) < 4.78 is 1.98. The van der Waals surface area contributed by atoms with Crippen LogP contribution in [0.25, 0.3) is 16.6 Å². The Labute approximate surface area is 152 Å². The molecule has 3 heterocycles. The summed E-state index contributed by atoms with van der Waals surface area (Å²) in [4.78, 5) is 22.4. The van der Waals surface area contributed by atoms with E-state index in [1.165, 1.54) is 5.39 Å². The van der Waals surface area contributed by atoms with E-state index in [9.17, 15) is 4.79 Å². The Hall–Kier alpha value is -3.08. The molecule has 0 radical (unpaired) electrons. The van der Waals surface area contributed by atoms with Crippen LogP contribution in [0.5, 0.6) is 0 Å². The standard InChI is InChI=1S/C21H22N4O/c1-15(19-13-16-7-3-4-8-18(16)23-19)24(2)21(26)11-10-17-14-25-12-6-5-9-20(25)22-17/h3-9,12-15,23H,10-11H2,1-2H3/t15-/m0/s1. The van der Waals surface area contributed by atoms with Crippen LogP contribution in [0.4, 0.5) is 0 Å². The number of fused-ring (bicyclic) bond motifs is 2. The fraction of sp³-hybridized carbons (Fsp3) is 0.238. The van der Waals surface area contributed by atoms with E-state index in [0.717, 1.165) is 22.6 Å². The lowest BCUT2D eigenvalue weighted by molar-refractivity contribution is -0.131. The summed E-state index contributed by atoms with van der Waals surface area (Å²) >= 11 is 0. The van der Waals surface area contributed by atoms with Gasteiger partial charge in [-0.2, -0.15) is 0 Å². The number of nitrogens with one attached hydrogen (secondary N) is 1. The minimum atomic E-state index is -0.00373. The van der Waals surface area contributed by atoms with Crippen LogP contribution < -0.4 is 0 Å². The van der Waals surface area contributed by atoms with Crippen LogP contribution in [0.1, 0.15) is 30.8 Å². The number of para-hydroxylation sites is 1. The van der Waals surface area contributed by atoms with Crippen molar-refractivity contribution in [3.05, 3.63) is 72.3 Å². The molecule has 1 aromatic carbocycles. The highest BCUT2D eigenvalue weighted by molar-refractivity contribution is 5.81. The van der Waals surface area contributed by atoms with Crippen LogP contribution in [0.15, 0.2) is 60.9 Å². The predicted octanol–water partition coefficient (Wildman–Crippen LogP) is 3.97. The van der Waals surface area contributed by atoms with Crippen molar-refractivity contribution in [3.63, 3.8) is 0 Å². The largest absolute Gasteiger partial charge is 0.357 e. The second-order valence-electron chi connectivity index (χ2n) is 6.69. The van der Waals surface area contributed by atoms with Gasteiger partial charge in [0.1, 0.15) is 5.65 Å².